The predicted molar refractivity (Wildman–Crippen MR) is 138 cm³/mol. The number of pyridine rings is 1. The molecule has 35 heavy (non-hydrogen) atoms. The molecular weight excluding hydrogens is 453 g/mol. The van der Waals surface area contributed by atoms with Gasteiger partial charge in [0.2, 0.25) is 0 Å². The average Bonchev–Trinajstić information content (AvgIpc) is 3.19. The molecule has 2 aromatic rings. The van der Waals surface area contributed by atoms with Gasteiger partial charge in [0.15, 0.2) is 5.78 Å². The molecule has 2 heterocycles. The Hall–Kier alpha value is -2.71. The Morgan fingerprint density at radius 3 is 2.43 bits per heavy atom. The lowest BCUT2D eigenvalue weighted by molar-refractivity contribution is -0.143. The van der Waals surface area contributed by atoms with Crippen molar-refractivity contribution in [3.63, 3.8) is 0 Å². The van der Waals surface area contributed by atoms with Crippen molar-refractivity contribution in [2.75, 3.05) is 33.7 Å². The van der Waals surface area contributed by atoms with Gasteiger partial charge in [-0.05, 0) is 84.3 Å². The highest BCUT2D eigenvalue weighted by Gasteiger charge is 2.29. The van der Waals surface area contributed by atoms with Gasteiger partial charge in [-0.1, -0.05) is 13.0 Å². The van der Waals surface area contributed by atoms with Crippen LogP contribution in [0.5, 0.6) is 0 Å². The van der Waals surface area contributed by atoms with Crippen molar-refractivity contribution < 1.29 is 18.0 Å². The summed E-state index contributed by atoms with van der Waals surface area (Å²) >= 11 is 0. The summed E-state index contributed by atoms with van der Waals surface area (Å²) in [6, 6.07) is 3.81. The Bertz CT molecular complexity index is 1130. The number of Topliss-reactive ketones (excluding diaryl/α,β-unsaturated/α-hetero) is 1. The summed E-state index contributed by atoms with van der Waals surface area (Å²) in [6.45, 7) is 12.9. The molecule has 8 heteroatoms. The topological polar surface area (TPSA) is 40.3 Å². The van der Waals surface area contributed by atoms with E-state index in [1.807, 2.05) is 70.1 Å². The van der Waals surface area contributed by atoms with Crippen LogP contribution in [0.4, 0.5) is 13.2 Å². The van der Waals surface area contributed by atoms with E-state index in [1.54, 1.807) is 6.92 Å². The molecule has 0 amide bonds. The molecule has 0 aromatic carbocycles. The fourth-order valence-electron chi connectivity index (χ4n) is 4.36. The minimum atomic E-state index is -4.23. The molecule has 1 atom stereocenters. The number of rotatable bonds is 11. The Labute approximate surface area is 206 Å². The first kappa shape index (κ1) is 28.5. The molecule has 2 rings (SSSR count). The zero-order valence-electron chi connectivity index (χ0n) is 21.8. The van der Waals surface area contributed by atoms with Crippen molar-refractivity contribution in [3.05, 3.63) is 58.6 Å². The van der Waals surface area contributed by atoms with Gasteiger partial charge in [-0.15, -0.1) is 0 Å². The van der Waals surface area contributed by atoms with E-state index < -0.39 is 12.7 Å². The molecular formula is C27H37F3N4O. The summed E-state index contributed by atoms with van der Waals surface area (Å²) in [6.07, 6.45) is 2.52. The van der Waals surface area contributed by atoms with E-state index in [2.05, 4.69) is 16.1 Å². The number of nitrogens with zero attached hydrogens (tertiary/aromatic N) is 4. The summed E-state index contributed by atoms with van der Waals surface area (Å²) in [7, 11) is 3.37. The standard InChI is InChI=1S/C27H37F3N4O/c1-9-21(15-22(10-2)31-6)23-11-12-34-25(23)16-24(20(5)35)18(3)26(34)19(4)33(8)14-13-32(7)17-27(28,29)30/h9,11-12,15-16,19H,6,10,13-14,17H2,1-5,7-8H3/b21-9+,22-15-. The number of aromatic nitrogens is 1. The van der Waals surface area contributed by atoms with Crippen molar-refractivity contribution in [1.82, 2.24) is 14.2 Å². The van der Waals surface area contributed by atoms with E-state index in [-0.39, 0.29) is 18.4 Å². The van der Waals surface area contributed by atoms with Crippen LogP contribution < -0.4 is 0 Å². The monoisotopic (exact) mass is 490 g/mol. The summed E-state index contributed by atoms with van der Waals surface area (Å²) in [5.74, 6) is -0.0299. The molecule has 1 unspecified atom stereocenters. The molecule has 0 spiro atoms. The molecule has 2 aromatic heterocycles. The van der Waals surface area contributed by atoms with E-state index in [1.165, 1.54) is 11.9 Å². The fraction of sp³-hybridized carbons (Fsp3) is 0.481. The van der Waals surface area contributed by atoms with Crippen LogP contribution in [0.2, 0.25) is 0 Å². The zero-order valence-corrected chi connectivity index (χ0v) is 21.8. The third kappa shape index (κ3) is 6.92. The molecule has 0 bridgehead atoms. The van der Waals surface area contributed by atoms with Gasteiger partial charge in [-0.25, -0.2) is 0 Å². The van der Waals surface area contributed by atoms with Crippen LogP contribution in [0.1, 0.15) is 67.3 Å². The van der Waals surface area contributed by atoms with Crippen LogP contribution in [-0.4, -0.2) is 66.6 Å². The summed E-state index contributed by atoms with van der Waals surface area (Å²) in [5.41, 5.74) is 6.17. The molecule has 0 N–H and O–H groups in total. The quantitative estimate of drug-likeness (QED) is 0.210. The SMILES string of the molecule is C=N/C(=C\C(=C/C)c1ccn2c(C(C)N(C)CCN(C)CC(F)(F)F)c(C)c(C(C)=O)cc12)CC. The summed E-state index contributed by atoms with van der Waals surface area (Å²) < 4.78 is 40.2. The number of allylic oxidation sites excluding steroid dienone is 4. The molecule has 0 fully saturated rings. The van der Waals surface area contributed by atoms with Gasteiger partial charge in [0.05, 0.1) is 12.1 Å². The molecule has 0 radical (unpaired) electrons. The Kier molecular flexibility index (Phi) is 9.63. The average molecular weight is 491 g/mol. The van der Waals surface area contributed by atoms with Gasteiger partial charge in [-0.2, -0.15) is 13.2 Å². The van der Waals surface area contributed by atoms with Gasteiger partial charge in [-0.3, -0.25) is 19.6 Å². The van der Waals surface area contributed by atoms with E-state index in [0.717, 1.165) is 40.0 Å². The maximum absolute atomic E-state index is 12.7. The van der Waals surface area contributed by atoms with Crippen molar-refractivity contribution in [1.29, 1.82) is 0 Å². The van der Waals surface area contributed by atoms with Gasteiger partial charge < -0.3 is 4.40 Å². The molecule has 0 aliphatic carbocycles. The highest BCUT2D eigenvalue weighted by Crippen LogP contribution is 2.32. The van der Waals surface area contributed by atoms with Gasteiger partial charge in [0.1, 0.15) is 0 Å². The highest BCUT2D eigenvalue weighted by atomic mass is 19.4. The smallest absolute Gasteiger partial charge is 0.318 e. The lowest BCUT2D eigenvalue weighted by Gasteiger charge is -2.30. The van der Waals surface area contributed by atoms with Crippen LogP contribution in [0.25, 0.3) is 11.1 Å². The second-order valence-corrected chi connectivity index (χ2v) is 9.01. The van der Waals surface area contributed by atoms with Crippen molar-refractivity contribution in [2.24, 2.45) is 4.99 Å². The van der Waals surface area contributed by atoms with Gasteiger partial charge >= 0.3 is 6.18 Å². The number of alkyl halides is 3. The number of hydrogen-bond acceptors (Lipinski definition) is 4. The molecule has 0 aliphatic heterocycles. The van der Waals surface area contributed by atoms with Crippen LogP contribution in [0.3, 0.4) is 0 Å². The van der Waals surface area contributed by atoms with Crippen molar-refractivity contribution in [3.8, 4) is 0 Å². The number of aliphatic imine (C=N–C) groups is 1. The maximum Gasteiger partial charge on any atom is 0.401 e. The molecule has 0 aliphatic rings. The molecule has 192 valence electrons. The van der Waals surface area contributed by atoms with E-state index >= 15 is 0 Å². The third-order valence-electron chi connectivity index (χ3n) is 6.48. The summed E-state index contributed by atoms with van der Waals surface area (Å²) in [5, 5.41) is 0. The number of ketones is 1. The van der Waals surface area contributed by atoms with Gasteiger partial charge in [0.25, 0.3) is 0 Å². The number of likely N-dealkylation sites (N-methyl/N-ethyl adjacent to an activating group) is 2. The van der Waals surface area contributed by atoms with E-state index in [9.17, 15) is 18.0 Å². The first-order valence-electron chi connectivity index (χ1n) is 11.8. The second kappa shape index (κ2) is 11.8. The molecule has 0 saturated carbocycles. The Morgan fingerprint density at radius 1 is 1.26 bits per heavy atom. The van der Waals surface area contributed by atoms with Crippen LogP contribution in [0, 0.1) is 6.92 Å². The zero-order chi connectivity index (χ0) is 26.5. The first-order valence-corrected chi connectivity index (χ1v) is 11.8. The number of carbonyl (C=O) groups excluding carboxylic acids is 1. The first-order chi connectivity index (χ1) is 16.3. The largest absolute Gasteiger partial charge is 0.401 e. The second-order valence-electron chi connectivity index (χ2n) is 9.01. The minimum absolute atomic E-state index is 0.0299. The van der Waals surface area contributed by atoms with Gasteiger partial charge in [0, 0.05) is 47.8 Å². The van der Waals surface area contributed by atoms with Crippen LogP contribution in [0.15, 0.2) is 41.2 Å². The van der Waals surface area contributed by atoms with Crippen LogP contribution in [-0.2, 0) is 0 Å². The Morgan fingerprint density at radius 2 is 1.91 bits per heavy atom. The minimum Gasteiger partial charge on any atom is -0.318 e. The van der Waals surface area contributed by atoms with Crippen LogP contribution >= 0.6 is 0 Å². The van der Waals surface area contributed by atoms with E-state index in [0.29, 0.717) is 12.1 Å². The number of carbonyl (C=O) groups is 1. The lowest BCUT2D eigenvalue weighted by Crippen LogP contribution is -2.37. The normalized spacial score (nSPS) is 14.3. The van der Waals surface area contributed by atoms with E-state index in [4.69, 9.17) is 0 Å². The molecule has 5 nitrogen and oxygen atoms in total. The Balaban J connectivity index is 2.54. The lowest BCUT2D eigenvalue weighted by atomic mass is 9.97. The predicted octanol–water partition coefficient (Wildman–Crippen LogP) is 6.34. The third-order valence-corrected chi connectivity index (χ3v) is 6.48. The number of halogens is 3. The van der Waals surface area contributed by atoms with Crippen molar-refractivity contribution in [2.45, 2.75) is 53.3 Å². The molecule has 0 saturated heterocycles. The maximum atomic E-state index is 12.7. The fourth-order valence-corrected chi connectivity index (χ4v) is 4.36. The number of hydrogen-bond donors (Lipinski definition) is 0. The highest BCUT2D eigenvalue weighted by molar-refractivity contribution is 5.98. The summed E-state index contributed by atoms with van der Waals surface area (Å²) in [4.78, 5) is 19.9. The number of fused-ring (bicyclic) bond motifs is 1. The van der Waals surface area contributed by atoms with Crippen molar-refractivity contribution >= 4 is 23.6 Å².